The van der Waals surface area contributed by atoms with Crippen molar-refractivity contribution < 1.29 is 13.7 Å². The molecule has 0 heterocycles. The Morgan fingerprint density at radius 2 is 1.90 bits per heavy atom. The van der Waals surface area contributed by atoms with Crippen molar-refractivity contribution in [2.24, 2.45) is 0 Å². The average Bonchev–Trinajstić information content (AvgIpc) is 2.44. The molecular weight excluding hydrogens is 346 g/mol. The largest absolute Gasteiger partial charge is 0.309 e. The van der Waals surface area contributed by atoms with Crippen molar-refractivity contribution in [2.75, 3.05) is 0 Å². The van der Waals surface area contributed by atoms with Crippen LogP contribution in [0.15, 0.2) is 40.9 Å². The molecule has 0 aliphatic heterocycles. The summed E-state index contributed by atoms with van der Waals surface area (Å²) in [5, 5.41) is 13.7. The van der Waals surface area contributed by atoms with Crippen LogP contribution in [0.2, 0.25) is 0 Å². The lowest BCUT2D eigenvalue weighted by atomic mass is 10.1. The fourth-order valence-corrected chi connectivity index (χ4v) is 2.22. The number of nitro benzene ring substituents is 1. The summed E-state index contributed by atoms with van der Waals surface area (Å²) in [6.45, 7) is 0.442. The van der Waals surface area contributed by atoms with Crippen LogP contribution in [0.4, 0.5) is 14.5 Å². The molecule has 0 radical (unpaired) electrons. The van der Waals surface area contributed by atoms with Gasteiger partial charge in [0.05, 0.1) is 9.40 Å². The van der Waals surface area contributed by atoms with Crippen LogP contribution in [-0.2, 0) is 13.1 Å². The molecule has 2 aromatic carbocycles. The van der Waals surface area contributed by atoms with Crippen LogP contribution in [0.1, 0.15) is 11.1 Å². The fourth-order valence-electron chi connectivity index (χ4n) is 1.83. The predicted molar refractivity (Wildman–Crippen MR) is 77.7 cm³/mol. The van der Waals surface area contributed by atoms with Crippen LogP contribution < -0.4 is 5.32 Å². The third-order valence-corrected chi connectivity index (χ3v) is 3.53. The summed E-state index contributed by atoms with van der Waals surface area (Å²) in [5.41, 5.74) is 0.856. The van der Waals surface area contributed by atoms with Gasteiger partial charge in [-0.25, -0.2) is 8.78 Å². The van der Waals surface area contributed by atoms with Gasteiger partial charge in [-0.1, -0.05) is 6.07 Å². The minimum absolute atomic E-state index is 0.0359. The van der Waals surface area contributed by atoms with E-state index in [2.05, 4.69) is 21.2 Å². The quantitative estimate of drug-likeness (QED) is 0.652. The lowest BCUT2D eigenvalue weighted by molar-refractivity contribution is -0.385. The summed E-state index contributed by atoms with van der Waals surface area (Å²) in [6, 6.07) is 7.96. The monoisotopic (exact) mass is 356 g/mol. The Bertz CT molecular complexity index is 680. The van der Waals surface area contributed by atoms with E-state index < -0.39 is 16.6 Å². The number of nitrogens with one attached hydrogen (secondary N) is 1. The molecule has 21 heavy (non-hydrogen) atoms. The molecule has 0 spiro atoms. The van der Waals surface area contributed by atoms with Crippen LogP contribution in [0.25, 0.3) is 0 Å². The van der Waals surface area contributed by atoms with Gasteiger partial charge in [-0.05, 0) is 45.8 Å². The molecule has 0 atom stereocenters. The van der Waals surface area contributed by atoms with E-state index in [9.17, 15) is 18.9 Å². The lowest BCUT2D eigenvalue weighted by Gasteiger charge is -2.07. The highest BCUT2D eigenvalue weighted by Gasteiger charge is 2.12. The fraction of sp³-hybridized carbons (Fsp3) is 0.143. The van der Waals surface area contributed by atoms with Crippen molar-refractivity contribution in [3.63, 3.8) is 0 Å². The Labute approximate surface area is 128 Å². The standard InChI is InChI=1S/C14H11BrF2N2O2/c15-12-3-1-9(5-14(12)19(20)21)7-18-8-10-6-11(16)2-4-13(10)17/h1-6,18H,7-8H2. The van der Waals surface area contributed by atoms with E-state index in [1.165, 1.54) is 6.07 Å². The maximum atomic E-state index is 13.4. The molecule has 0 aromatic heterocycles. The number of hydrogen-bond acceptors (Lipinski definition) is 3. The third-order valence-electron chi connectivity index (χ3n) is 2.86. The number of nitro groups is 1. The molecule has 4 nitrogen and oxygen atoms in total. The molecule has 2 rings (SSSR count). The molecule has 0 aliphatic rings. The lowest BCUT2D eigenvalue weighted by Crippen LogP contribution is -2.14. The van der Waals surface area contributed by atoms with E-state index in [0.717, 1.165) is 18.2 Å². The smallest absolute Gasteiger partial charge is 0.283 e. The summed E-state index contributed by atoms with van der Waals surface area (Å²) < 4.78 is 26.8. The molecule has 0 aliphatic carbocycles. The Morgan fingerprint density at radius 1 is 1.14 bits per heavy atom. The maximum absolute atomic E-state index is 13.4. The molecule has 0 saturated heterocycles. The highest BCUT2D eigenvalue weighted by molar-refractivity contribution is 9.10. The molecular formula is C14H11BrF2N2O2. The summed E-state index contributed by atoms with van der Waals surface area (Å²) in [4.78, 5) is 10.3. The Hall–Kier alpha value is -1.86. The van der Waals surface area contributed by atoms with E-state index in [4.69, 9.17) is 0 Å². The maximum Gasteiger partial charge on any atom is 0.283 e. The number of hydrogen-bond donors (Lipinski definition) is 1. The average molecular weight is 357 g/mol. The van der Waals surface area contributed by atoms with Gasteiger partial charge in [0.15, 0.2) is 0 Å². The highest BCUT2D eigenvalue weighted by atomic mass is 79.9. The van der Waals surface area contributed by atoms with Crippen LogP contribution in [0.3, 0.4) is 0 Å². The van der Waals surface area contributed by atoms with Gasteiger partial charge in [-0.15, -0.1) is 0 Å². The van der Waals surface area contributed by atoms with Crippen molar-refractivity contribution in [3.8, 4) is 0 Å². The van der Waals surface area contributed by atoms with Crippen molar-refractivity contribution in [1.29, 1.82) is 0 Å². The topological polar surface area (TPSA) is 55.2 Å². The Morgan fingerprint density at radius 3 is 2.62 bits per heavy atom. The van der Waals surface area contributed by atoms with Gasteiger partial charge in [-0.2, -0.15) is 0 Å². The molecule has 0 bridgehead atoms. The van der Waals surface area contributed by atoms with Crippen LogP contribution in [0.5, 0.6) is 0 Å². The normalized spacial score (nSPS) is 10.6. The molecule has 0 fully saturated rings. The second-order valence-corrected chi connectivity index (χ2v) is 5.24. The van der Waals surface area contributed by atoms with Crippen molar-refractivity contribution in [1.82, 2.24) is 5.32 Å². The molecule has 0 amide bonds. The van der Waals surface area contributed by atoms with E-state index in [1.807, 2.05) is 0 Å². The summed E-state index contributed by atoms with van der Waals surface area (Å²) >= 11 is 3.10. The first-order valence-corrected chi connectivity index (χ1v) is 6.84. The van der Waals surface area contributed by atoms with Crippen molar-refractivity contribution >= 4 is 21.6 Å². The molecule has 2 aromatic rings. The molecule has 1 N–H and O–H groups in total. The van der Waals surface area contributed by atoms with E-state index >= 15 is 0 Å². The summed E-state index contributed by atoms with van der Waals surface area (Å²) in [5.74, 6) is -1.00. The van der Waals surface area contributed by atoms with Crippen LogP contribution >= 0.6 is 15.9 Å². The number of rotatable bonds is 5. The second kappa shape index (κ2) is 6.73. The van der Waals surface area contributed by atoms with E-state index in [1.54, 1.807) is 12.1 Å². The molecule has 0 unspecified atom stereocenters. The van der Waals surface area contributed by atoms with Crippen molar-refractivity contribution in [2.45, 2.75) is 13.1 Å². The first-order chi connectivity index (χ1) is 9.97. The van der Waals surface area contributed by atoms with Gasteiger partial charge in [0, 0.05) is 24.7 Å². The van der Waals surface area contributed by atoms with Crippen LogP contribution in [-0.4, -0.2) is 4.92 Å². The number of nitrogens with zero attached hydrogens (tertiary/aromatic N) is 1. The van der Waals surface area contributed by atoms with Gasteiger partial charge in [0.1, 0.15) is 11.6 Å². The Balaban J connectivity index is 2.02. The zero-order valence-electron chi connectivity index (χ0n) is 10.8. The van der Waals surface area contributed by atoms with Gasteiger partial charge in [0.25, 0.3) is 5.69 Å². The Kier molecular flexibility index (Phi) is 4.98. The molecule has 110 valence electrons. The van der Waals surface area contributed by atoms with Gasteiger partial charge in [0.2, 0.25) is 0 Å². The number of benzene rings is 2. The summed E-state index contributed by atoms with van der Waals surface area (Å²) in [6.07, 6.45) is 0. The highest BCUT2D eigenvalue weighted by Crippen LogP contribution is 2.25. The number of halogens is 3. The van der Waals surface area contributed by atoms with Crippen LogP contribution in [0, 0.1) is 21.7 Å². The SMILES string of the molecule is O=[N+]([O-])c1cc(CNCc2cc(F)ccc2F)ccc1Br. The second-order valence-electron chi connectivity index (χ2n) is 4.38. The predicted octanol–water partition coefficient (Wildman–Crippen LogP) is 3.93. The summed E-state index contributed by atoms with van der Waals surface area (Å²) in [7, 11) is 0. The minimum Gasteiger partial charge on any atom is -0.309 e. The zero-order chi connectivity index (χ0) is 15.4. The van der Waals surface area contributed by atoms with Gasteiger partial charge in [-0.3, -0.25) is 10.1 Å². The first-order valence-electron chi connectivity index (χ1n) is 6.05. The zero-order valence-corrected chi connectivity index (χ0v) is 12.4. The minimum atomic E-state index is -0.507. The molecule has 0 saturated carbocycles. The van der Waals surface area contributed by atoms with Crippen molar-refractivity contribution in [3.05, 3.63) is 73.7 Å². The van der Waals surface area contributed by atoms with Gasteiger partial charge < -0.3 is 5.32 Å². The first kappa shape index (κ1) is 15.5. The van der Waals surface area contributed by atoms with Gasteiger partial charge >= 0.3 is 0 Å². The molecule has 7 heteroatoms. The third kappa shape index (κ3) is 4.05. The van der Waals surface area contributed by atoms with E-state index in [0.29, 0.717) is 16.6 Å². The van der Waals surface area contributed by atoms with E-state index in [-0.39, 0.29) is 17.8 Å².